The lowest BCUT2D eigenvalue weighted by molar-refractivity contribution is -0.572. The Hall–Kier alpha value is -8.29. The van der Waals surface area contributed by atoms with Crippen LogP contribution < -0.4 is 34.7 Å². The van der Waals surface area contributed by atoms with E-state index in [-0.39, 0.29) is 14.0 Å². The fourth-order valence-electron chi connectivity index (χ4n) is 10.6. The molecule has 4 heterocycles. The van der Waals surface area contributed by atoms with Gasteiger partial charge in [0.1, 0.15) is 5.82 Å². The Morgan fingerprint density at radius 2 is 0.881 bits per heavy atom. The maximum absolute atomic E-state index is 5.09. The van der Waals surface area contributed by atoms with E-state index in [0.29, 0.717) is 0 Å². The number of hydrogen-bond acceptors (Lipinski definition) is 5. The first-order valence-corrected chi connectivity index (χ1v) is 23.0. The van der Waals surface area contributed by atoms with Gasteiger partial charge in [-0.2, -0.15) is 0 Å². The summed E-state index contributed by atoms with van der Waals surface area (Å²) in [7, 11) is 0. The topological polar surface area (TPSA) is 34.7 Å². The van der Waals surface area contributed by atoms with Crippen LogP contribution in [0.25, 0.3) is 22.4 Å². The van der Waals surface area contributed by atoms with Crippen molar-refractivity contribution in [3.05, 3.63) is 241 Å². The lowest BCUT2D eigenvalue weighted by Gasteiger charge is -2.32. The van der Waals surface area contributed by atoms with Crippen molar-refractivity contribution in [1.82, 2.24) is 9.55 Å². The lowest BCUT2D eigenvalue weighted by atomic mass is 9.61. The number of imidazole rings is 1. The third kappa shape index (κ3) is 6.60. The molecule has 0 aliphatic carbocycles. The number of para-hydroxylation sites is 5. The summed E-state index contributed by atoms with van der Waals surface area (Å²) in [6, 6.07) is 74.2. The molecule has 0 radical (unpaired) electrons. The smallest absolute Gasteiger partial charge is 0.360 e. The van der Waals surface area contributed by atoms with Gasteiger partial charge < -0.3 is 19.2 Å². The first-order valence-electron chi connectivity index (χ1n) is 23.0. The number of anilines is 8. The molecule has 0 bridgehead atoms. The van der Waals surface area contributed by atoms with E-state index in [1.165, 1.54) is 33.2 Å². The molecule has 12 rings (SSSR count). The molecule has 67 heavy (non-hydrogen) atoms. The predicted molar refractivity (Wildman–Crippen MR) is 278 cm³/mol. The highest BCUT2D eigenvalue weighted by Crippen LogP contribution is 2.52. The summed E-state index contributed by atoms with van der Waals surface area (Å²) >= 11 is 0. The molecule has 0 saturated carbocycles. The van der Waals surface area contributed by atoms with Crippen LogP contribution in [-0.4, -0.2) is 23.5 Å². The molecule has 0 N–H and O–H groups in total. The summed E-state index contributed by atoms with van der Waals surface area (Å²) in [5.41, 5.74) is 19.4. The van der Waals surface area contributed by atoms with E-state index in [2.05, 4.69) is 263 Å². The normalized spacial score (nSPS) is 13.2. The molecule has 320 valence electrons. The number of nitrogens with zero attached hydrogens (tertiary/aromatic N) is 7. The first-order chi connectivity index (χ1) is 32.9. The molecule has 2 aliphatic rings. The van der Waals surface area contributed by atoms with Crippen molar-refractivity contribution < 1.29 is 4.57 Å². The number of rotatable bonds is 8. The highest BCUT2D eigenvalue weighted by atomic mass is 15.3. The Morgan fingerprint density at radius 1 is 0.403 bits per heavy atom. The van der Waals surface area contributed by atoms with Crippen LogP contribution in [0.15, 0.2) is 212 Å². The SMILES string of the molecule is Cc1cccc(C)c1B1N(c2ccccc2)c2ccc(-n3[c-][n+](-c4ccccc4)c4ccccc43)cc2N1c1ccc2c(c1)N(c1ccccn1)B(c1c(C)cccc1C)N2c1ccccc1. The summed E-state index contributed by atoms with van der Waals surface area (Å²) in [4.78, 5) is 15.1. The van der Waals surface area contributed by atoms with E-state index >= 15 is 0 Å². The van der Waals surface area contributed by atoms with Crippen molar-refractivity contribution in [3.63, 3.8) is 0 Å². The fraction of sp³-hybridized carbons (Fsp3) is 0.0690. The molecule has 0 amide bonds. The van der Waals surface area contributed by atoms with Gasteiger partial charge in [-0.1, -0.05) is 144 Å². The summed E-state index contributed by atoms with van der Waals surface area (Å²) < 4.78 is 4.37. The van der Waals surface area contributed by atoms with E-state index in [0.717, 1.165) is 68.0 Å². The highest BCUT2D eigenvalue weighted by Gasteiger charge is 2.48. The van der Waals surface area contributed by atoms with Crippen molar-refractivity contribution in [3.8, 4) is 11.4 Å². The molecular weight excluding hydrogens is 816 g/mol. The van der Waals surface area contributed by atoms with Gasteiger partial charge in [-0.05, 0) is 124 Å². The van der Waals surface area contributed by atoms with Crippen LogP contribution in [0.5, 0.6) is 0 Å². The highest BCUT2D eigenvalue weighted by molar-refractivity contribution is 6.86. The second-order valence-corrected chi connectivity index (χ2v) is 17.6. The van der Waals surface area contributed by atoms with Gasteiger partial charge in [0.2, 0.25) is 0 Å². The second-order valence-electron chi connectivity index (χ2n) is 17.6. The Morgan fingerprint density at radius 3 is 1.46 bits per heavy atom. The van der Waals surface area contributed by atoms with Crippen LogP contribution >= 0.6 is 0 Å². The Balaban J connectivity index is 1.13. The standard InChI is InChI=1S/C58H47B2N7/c1-41-20-18-21-42(2)57(41)59-64(46-26-10-6-11-27-46)52-35-33-48(63-40-62(45-24-8-5-9-25-45)50-30-14-15-31-51(50)63)38-54(52)66(59)49-34-36-53-55(39-49)67(56-32-16-17-37-61-56)60(58-43(3)22-19-23-44(58)4)65(53)47-28-12-7-13-29-47/h5-39H,1-4H3. The number of pyridine rings is 1. The van der Waals surface area contributed by atoms with Gasteiger partial charge in [-0.25, -0.2) is 4.98 Å². The van der Waals surface area contributed by atoms with Gasteiger partial charge in [-0.3, -0.25) is 9.13 Å². The maximum Gasteiger partial charge on any atom is 0.422 e. The number of aromatic nitrogens is 3. The van der Waals surface area contributed by atoms with E-state index in [1.807, 2.05) is 12.3 Å². The monoisotopic (exact) mass is 863 g/mol. The van der Waals surface area contributed by atoms with Crippen molar-refractivity contribution in [1.29, 1.82) is 0 Å². The van der Waals surface area contributed by atoms with Gasteiger partial charge in [0.05, 0.1) is 45.2 Å². The number of hydrogen-bond donors (Lipinski definition) is 0. The van der Waals surface area contributed by atoms with Crippen molar-refractivity contribution in [2.24, 2.45) is 0 Å². The van der Waals surface area contributed by atoms with Crippen LogP contribution in [0.2, 0.25) is 0 Å². The zero-order chi connectivity index (χ0) is 45.2. The molecule has 2 aromatic heterocycles. The molecule has 0 unspecified atom stereocenters. The first kappa shape index (κ1) is 40.2. The second kappa shape index (κ2) is 16.3. The molecule has 0 fully saturated rings. The molecule has 10 aromatic rings. The average molecular weight is 864 g/mol. The number of benzene rings is 8. The summed E-state index contributed by atoms with van der Waals surface area (Å²) in [6.07, 6.45) is 5.67. The Kier molecular flexibility index (Phi) is 9.79. The fourth-order valence-corrected chi connectivity index (χ4v) is 10.6. The van der Waals surface area contributed by atoms with Crippen molar-refractivity contribution >= 4 is 81.6 Å². The molecule has 0 spiro atoms. The quantitative estimate of drug-likeness (QED) is 0.0864. The van der Waals surface area contributed by atoms with E-state index in [9.17, 15) is 0 Å². The molecular formula is C58H47B2N7. The van der Waals surface area contributed by atoms with E-state index in [4.69, 9.17) is 4.98 Å². The molecule has 2 aliphatic heterocycles. The lowest BCUT2D eigenvalue weighted by Crippen LogP contribution is -2.55. The van der Waals surface area contributed by atoms with Gasteiger partial charge in [-0.15, -0.1) is 0 Å². The maximum atomic E-state index is 5.09. The summed E-state index contributed by atoms with van der Waals surface area (Å²) in [5, 5.41) is 0. The Labute approximate surface area is 393 Å². The third-order valence-corrected chi connectivity index (χ3v) is 13.6. The van der Waals surface area contributed by atoms with Crippen LogP contribution in [-0.2, 0) is 0 Å². The minimum Gasteiger partial charge on any atom is -0.360 e. The van der Waals surface area contributed by atoms with Gasteiger partial charge in [0.15, 0.2) is 0 Å². The van der Waals surface area contributed by atoms with Crippen LogP contribution in [0.3, 0.4) is 0 Å². The minimum atomic E-state index is -0.226. The average Bonchev–Trinajstić information content (AvgIpc) is 4.03. The molecule has 7 nitrogen and oxygen atoms in total. The summed E-state index contributed by atoms with van der Waals surface area (Å²) in [5.74, 6) is 0.884. The van der Waals surface area contributed by atoms with Crippen LogP contribution in [0, 0.1) is 34.0 Å². The summed E-state index contributed by atoms with van der Waals surface area (Å²) in [6.45, 7) is 8.53. The molecule has 8 aromatic carbocycles. The van der Waals surface area contributed by atoms with Crippen LogP contribution in [0.1, 0.15) is 22.3 Å². The minimum absolute atomic E-state index is 0.203. The number of aryl methyl sites for hydroxylation is 4. The predicted octanol–water partition coefficient (Wildman–Crippen LogP) is 11.7. The van der Waals surface area contributed by atoms with Crippen molar-refractivity contribution in [2.45, 2.75) is 27.7 Å². The largest absolute Gasteiger partial charge is 0.422 e. The van der Waals surface area contributed by atoms with E-state index in [1.54, 1.807) is 0 Å². The third-order valence-electron chi connectivity index (χ3n) is 13.6. The van der Waals surface area contributed by atoms with Gasteiger partial charge in [0.25, 0.3) is 6.33 Å². The number of fused-ring (bicyclic) bond motifs is 3. The Bertz CT molecular complexity index is 3410. The van der Waals surface area contributed by atoms with E-state index < -0.39 is 0 Å². The van der Waals surface area contributed by atoms with Crippen LogP contribution in [0.4, 0.5) is 45.6 Å². The van der Waals surface area contributed by atoms with Gasteiger partial charge >= 0.3 is 14.0 Å². The molecule has 9 heteroatoms. The zero-order valence-corrected chi connectivity index (χ0v) is 38.0. The molecule has 0 saturated heterocycles. The molecule has 0 atom stereocenters. The van der Waals surface area contributed by atoms with Gasteiger partial charge in [0, 0.05) is 23.3 Å². The van der Waals surface area contributed by atoms with Crippen molar-refractivity contribution in [2.75, 3.05) is 19.2 Å². The zero-order valence-electron chi connectivity index (χ0n) is 38.0.